The van der Waals surface area contributed by atoms with Crippen LogP contribution in [0.1, 0.15) is 26.2 Å². The van der Waals surface area contributed by atoms with Gasteiger partial charge in [0.05, 0.1) is 0 Å². The van der Waals surface area contributed by atoms with Crippen molar-refractivity contribution in [2.75, 3.05) is 6.54 Å². The van der Waals surface area contributed by atoms with Crippen LogP contribution in [0.5, 0.6) is 0 Å². The van der Waals surface area contributed by atoms with Gasteiger partial charge >= 0.3 is 0 Å². The predicted molar refractivity (Wildman–Crippen MR) is 42.0 cm³/mol. The van der Waals surface area contributed by atoms with E-state index in [1.165, 1.54) is 12.8 Å². The second-order valence-corrected chi connectivity index (χ2v) is 2.00. The molecule has 0 saturated heterocycles. The first-order valence-electron chi connectivity index (χ1n) is 3.59. The van der Waals surface area contributed by atoms with E-state index in [2.05, 4.69) is 19.2 Å². The Hall–Kier alpha value is -0.460. The Bertz CT molecular complexity index is 67.0. The van der Waals surface area contributed by atoms with E-state index >= 15 is 0 Å². The van der Waals surface area contributed by atoms with E-state index in [9.17, 15) is 0 Å². The van der Waals surface area contributed by atoms with E-state index in [-0.39, 0.29) is 0 Å². The van der Waals surface area contributed by atoms with Crippen molar-refractivity contribution in [1.82, 2.24) is 5.32 Å². The highest BCUT2D eigenvalue weighted by Gasteiger charge is 1.76. The van der Waals surface area contributed by atoms with Crippen LogP contribution in [-0.4, -0.2) is 6.54 Å². The molecule has 9 heavy (non-hydrogen) atoms. The fraction of sp³-hybridized carbons (Fsp3) is 0.625. The van der Waals surface area contributed by atoms with E-state index < -0.39 is 0 Å². The molecular formula is C8H16N. The van der Waals surface area contributed by atoms with Crippen LogP contribution < -0.4 is 5.32 Å². The van der Waals surface area contributed by atoms with Crippen molar-refractivity contribution in [3.8, 4) is 0 Å². The molecule has 0 fully saturated rings. The molecule has 0 aromatic rings. The molecule has 0 unspecified atom stereocenters. The maximum absolute atomic E-state index is 3.68. The Balaban J connectivity index is 2.82. The maximum Gasteiger partial charge on any atom is 0.0141 e. The quantitative estimate of drug-likeness (QED) is 0.556. The number of allylic oxidation sites excluding steroid dienone is 1. The first kappa shape index (κ1) is 8.54. The molecular weight excluding hydrogens is 110 g/mol. The smallest absolute Gasteiger partial charge is 0.0141 e. The topological polar surface area (TPSA) is 12.0 Å². The zero-order valence-electron chi connectivity index (χ0n) is 6.19. The molecule has 0 heterocycles. The Labute approximate surface area is 58.2 Å². The second kappa shape index (κ2) is 7.54. The molecule has 0 rings (SSSR count). The zero-order chi connectivity index (χ0) is 6.95. The van der Waals surface area contributed by atoms with Gasteiger partial charge in [-0.3, -0.25) is 0 Å². The molecule has 1 nitrogen and oxygen atoms in total. The van der Waals surface area contributed by atoms with Gasteiger partial charge in [0.15, 0.2) is 0 Å². The molecule has 0 saturated carbocycles. The standard InChI is InChI=1S/C8H16N/c1-3-5-7-9-8-6-4-2/h5,7,9H,1,3-4,6,8H2,2H3. The normalized spacial score (nSPS) is 10.4. The van der Waals surface area contributed by atoms with Crippen molar-refractivity contribution in [3.63, 3.8) is 0 Å². The average molecular weight is 126 g/mol. The van der Waals surface area contributed by atoms with Gasteiger partial charge in [0.1, 0.15) is 0 Å². The van der Waals surface area contributed by atoms with Crippen LogP contribution >= 0.6 is 0 Å². The van der Waals surface area contributed by atoms with Crippen LogP contribution in [-0.2, 0) is 0 Å². The van der Waals surface area contributed by atoms with Crippen molar-refractivity contribution >= 4 is 0 Å². The molecule has 1 radical (unpaired) electrons. The SMILES string of the molecule is [CH2]CC=CNCCCC. The lowest BCUT2D eigenvalue weighted by atomic mass is 10.3. The monoisotopic (exact) mass is 126 g/mol. The average Bonchev–Trinajstić information content (AvgIpc) is 1.89. The maximum atomic E-state index is 3.68. The van der Waals surface area contributed by atoms with Crippen molar-refractivity contribution < 1.29 is 0 Å². The van der Waals surface area contributed by atoms with Gasteiger partial charge < -0.3 is 5.32 Å². The van der Waals surface area contributed by atoms with E-state index in [1.54, 1.807) is 0 Å². The van der Waals surface area contributed by atoms with Gasteiger partial charge in [0.2, 0.25) is 0 Å². The lowest BCUT2D eigenvalue weighted by molar-refractivity contribution is 0.734. The molecule has 0 aliphatic heterocycles. The fourth-order valence-electron chi connectivity index (χ4n) is 0.529. The lowest BCUT2D eigenvalue weighted by Crippen LogP contribution is -2.05. The fourth-order valence-corrected chi connectivity index (χ4v) is 0.529. The molecule has 0 bridgehead atoms. The van der Waals surface area contributed by atoms with Gasteiger partial charge in [-0.25, -0.2) is 0 Å². The van der Waals surface area contributed by atoms with E-state index in [0.717, 1.165) is 13.0 Å². The van der Waals surface area contributed by atoms with E-state index in [4.69, 9.17) is 0 Å². The van der Waals surface area contributed by atoms with Gasteiger partial charge in [-0.2, -0.15) is 0 Å². The summed E-state index contributed by atoms with van der Waals surface area (Å²) >= 11 is 0. The molecule has 1 N–H and O–H groups in total. The Morgan fingerprint density at radius 2 is 2.33 bits per heavy atom. The highest BCUT2D eigenvalue weighted by atomic mass is 14.8. The first-order valence-corrected chi connectivity index (χ1v) is 3.59. The molecule has 0 amide bonds. The third-order valence-electron chi connectivity index (χ3n) is 1.08. The molecule has 1 heteroatoms. The first-order chi connectivity index (χ1) is 4.41. The molecule has 0 aliphatic carbocycles. The number of hydrogen-bond donors (Lipinski definition) is 1. The van der Waals surface area contributed by atoms with Crippen molar-refractivity contribution in [3.05, 3.63) is 19.2 Å². The summed E-state index contributed by atoms with van der Waals surface area (Å²) in [6.45, 7) is 6.95. The summed E-state index contributed by atoms with van der Waals surface area (Å²) in [4.78, 5) is 0. The van der Waals surface area contributed by atoms with Gasteiger partial charge in [0.25, 0.3) is 0 Å². The Morgan fingerprint density at radius 3 is 2.89 bits per heavy atom. The van der Waals surface area contributed by atoms with Gasteiger partial charge in [0, 0.05) is 6.54 Å². The second-order valence-electron chi connectivity index (χ2n) is 2.00. The molecule has 0 aliphatic rings. The molecule has 53 valence electrons. The predicted octanol–water partition coefficient (Wildman–Crippen LogP) is 2.11. The van der Waals surface area contributed by atoms with Gasteiger partial charge in [-0.05, 0) is 26.0 Å². The minimum absolute atomic E-state index is 0.874. The lowest BCUT2D eigenvalue weighted by Gasteiger charge is -1.95. The summed E-state index contributed by atoms with van der Waals surface area (Å²) in [6, 6.07) is 0. The zero-order valence-corrected chi connectivity index (χ0v) is 6.19. The number of hydrogen-bond acceptors (Lipinski definition) is 1. The highest BCUT2D eigenvalue weighted by Crippen LogP contribution is 1.82. The van der Waals surface area contributed by atoms with Crippen LogP contribution in [0.2, 0.25) is 0 Å². The van der Waals surface area contributed by atoms with Crippen LogP contribution in [0.4, 0.5) is 0 Å². The highest BCUT2D eigenvalue weighted by molar-refractivity contribution is 4.79. The van der Waals surface area contributed by atoms with Gasteiger partial charge in [-0.15, -0.1) is 0 Å². The van der Waals surface area contributed by atoms with Crippen LogP contribution in [0.15, 0.2) is 12.3 Å². The Morgan fingerprint density at radius 1 is 1.56 bits per heavy atom. The van der Waals surface area contributed by atoms with Crippen molar-refractivity contribution in [2.45, 2.75) is 26.2 Å². The summed E-state index contributed by atoms with van der Waals surface area (Å²) in [7, 11) is 0. The van der Waals surface area contributed by atoms with Crippen molar-refractivity contribution in [2.24, 2.45) is 0 Å². The molecule has 0 aromatic carbocycles. The summed E-state index contributed by atoms with van der Waals surface area (Å²) in [5.74, 6) is 0. The summed E-state index contributed by atoms with van der Waals surface area (Å²) in [5, 5.41) is 3.17. The molecule has 0 aromatic heterocycles. The molecule has 0 atom stereocenters. The number of rotatable bonds is 5. The van der Waals surface area contributed by atoms with E-state index in [1.807, 2.05) is 12.3 Å². The summed E-state index contributed by atoms with van der Waals surface area (Å²) in [6.07, 6.45) is 7.38. The van der Waals surface area contributed by atoms with E-state index in [0.29, 0.717) is 0 Å². The number of nitrogens with one attached hydrogen (secondary N) is 1. The largest absolute Gasteiger partial charge is 0.391 e. The summed E-state index contributed by atoms with van der Waals surface area (Å²) < 4.78 is 0. The molecule has 0 spiro atoms. The summed E-state index contributed by atoms with van der Waals surface area (Å²) in [5.41, 5.74) is 0. The number of unbranched alkanes of at least 4 members (excludes halogenated alkanes) is 1. The third kappa shape index (κ3) is 7.54. The van der Waals surface area contributed by atoms with Crippen molar-refractivity contribution in [1.29, 1.82) is 0 Å². The minimum atomic E-state index is 0.874. The minimum Gasteiger partial charge on any atom is -0.391 e. The van der Waals surface area contributed by atoms with Crippen LogP contribution in [0.25, 0.3) is 0 Å². The Kier molecular flexibility index (Phi) is 7.15. The van der Waals surface area contributed by atoms with Crippen LogP contribution in [0.3, 0.4) is 0 Å². The van der Waals surface area contributed by atoms with Crippen LogP contribution in [0, 0.1) is 6.92 Å². The third-order valence-corrected chi connectivity index (χ3v) is 1.08. The van der Waals surface area contributed by atoms with Gasteiger partial charge in [-0.1, -0.05) is 19.4 Å².